The highest BCUT2D eigenvalue weighted by molar-refractivity contribution is 6.08. The van der Waals surface area contributed by atoms with Gasteiger partial charge in [0.1, 0.15) is 6.33 Å². The maximum absolute atomic E-state index is 12.7. The Morgan fingerprint density at radius 2 is 2.17 bits per heavy atom. The van der Waals surface area contributed by atoms with E-state index in [1.54, 1.807) is 12.3 Å². The van der Waals surface area contributed by atoms with E-state index in [4.69, 9.17) is 0 Å². The third-order valence-corrected chi connectivity index (χ3v) is 4.14. The Bertz CT molecular complexity index is 900. The van der Waals surface area contributed by atoms with Gasteiger partial charge in [0.2, 0.25) is 0 Å². The molecule has 0 atom stereocenters. The zero-order valence-electron chi connectivity index (χ0n) is 13.2. The summed E-state index contributed by atoms with van der Waals surface area (Å²) < 4.78 is 0. The monoisotopic (exact) mass is 320 g/mol. The highest BCUT2D eigenvalue weighted by Crippen LogP contribution is 2.33. The molecule has 0 unspecified atom stereocenters. The number of aromatic amines is 1. The molecule has 3 heterocycles. The van der Waals surface area contributed by atoms with E-state index in [0.29, 0.717) is 11.4 Å². The molecular weight excluding hydrogens is 304 g/mol. The summed E-state index contributed by atoms with van der Waals surface area (Å²) in [5.41, 5.74) is 5.16. The Hall–Kier alpha value is -3.09. The number of nitrogens with one attached hydrogen (secondary N) is 2. The van der Waals surface area contributed by atoms with Crippen molar-refractivity contribution in [3.8, 4) is 11.3 Å². The van der Waals surface area contributed by atoms with E-state index >= 15 is 0 Å². The molecule has 0 aromatic carbocycles. The number of hydrogen-bond donors (Lipinski definition) is 2. The number of rotatable bonds is 2. The number of anilines is 1. The lowest BCUT2D eigenvalue weighted by Crippen LogP contribution is -2.14. The van der Waals surface area contributed by atoms with Crippen LogP contribution in [-0.4, -0.2) is 31.1 Å². The molecular formula is C17H16N6O. The van der Waals surface area contributed by atoms with Crippen molar-refractivity contribution in [2.75, 3.05) is 5.32 Å². The summed E-state index contributed by atoms with van der Waals surface area (Å²) in [6, 6.07) is 3.55. The minimum absolute atomic E-state index is 0.225. The summed E-state index contributed by atoms with van der Waals surface area (Å²) in [6.07, 6.45) is 7.87. The van der Waals surface area contributed by atoms with Crippen molar-refractivity contribution in [3.05, 3.63) is 53.4 Å². The molecule has 3 aromatic rings. The summed E-state index contributed by atoms with van der Waals surface area (Å²) in [7, 11) is 0. The van der Waals surface area contributed by atoms with E-state index < -0.39 is 0 Å². The van der Waals surface area contributed by atoms with Crippen molar-refractivity contribution in [2.24, 2.45) is 0 Å². The van der Waals surface area contributed by atoms with Gasteiger partial charge in [-0.3, -0.25) is 4.79 Å². The first-order chi connectivity index (χ1) is 11.7. The highest BCUT2D eigenvalue weighted by Gasteiger charge is 2.24. The lowest BCUT2D eigenvalue weighted by atomic mass is 10.0. The van der Waals surface area contributed by atoms with Gasteiger partial charge in [0.25, 0.3) is 5.91 Å². The highest BCUT2D eigenvalue weighted by atomic mass is 16.1. The number of fused-ring (bicyclic) bond motifs is 3. The van der Waals surface area contributed by atoms with Gasteiger partial charge in [0.15, 0.2) is 5.82 Å². The van der Waals surface area contributed by atoms with Crippen LogP contribution >= 0.6 is 0 Å². The Morgan fingerprint density at radius 1 is 1.25 bits per heavy atom. The van der Waals surface area contributed by atoms with Crippen molar-refractivity contribution >= 4 is 11.7 Å². The molecule has 4 rings (SSSR count). The van der Waals surface area contributed by atoms with E-state index in [-0.39, 0.29) is 5.91 Å². The SMILES string of the molecule is Cc1ccc(NC(=O)c2c[nH]c3c2-c2ncncc2CCC3)nn1. The van der Waals surface area contributed by atoms with Crippen LogP contribution in [-0.2, 0) is 12.8 Å². The van der Waals surface area contributed by atoms with E-state index in [1.807, 2.05) is 19.2 Å². The topological polar surface area (TPSA) is 96.5 Å². The van der Waals surface area contributed by atoms with Crippen molar-refractivity contribution in [1.82, 2.24) is 25.1 Å². The Balaban J connectivity index is 1.73. The Labute approximate surface area is 138 Å². The van der Waals surface area contributed by atoms with Crippen LogP contribution in [0.5, 0.6) is 0 Å². The van der Waals surface area contributed by atoms with Crippen molar-refractivity contribution in [2.45, 2.75) is 26.2 Å². The number of aromatic nitrogens is 5. The van der Waals surface area contributed by atoms with E-state index in [0.717, 1.165) is 47.5 Å². The predicted octanol–water partition coefficient (Wildman–Crippen LogP) is 2.31. The lowest BCUT2D eigenvalue weighted by Gasteiger charge is -2.08. The minimum atomic E-state index is -0.225. The molecule has 1 amide bonds. The van der Waals surface area contributed by atoms with Crippen LogP contribution in [0.2, 0.25) is 0 Å². The minimum Gasteiger partial charge on any atom is -0.364 e. The smallest absolute Gasteiger partial charge is 0.259 e. The Kier molecular flexibility index (Phi) is 3.53. The number of carbonyl (C=O) groups excluding carboxylic acids is 1. The van der Waals surface area contributed by atoms with Crippen molar-refractivity contribution in [3.63, 3.8) is 0 Å². The standard InChI is InChI=1S/C17H16N6O/c1-10-5-6-14(23-22-10)21-17(24)12-8-19-13-4-2-3-11-7-18-9-20-16(11)15(12)13/h5-9,19H,2-4H2,1H3,(H,21,23,24). The second-order valence-electron chi connectivity index (χ2n) is 5.82. The first-order valence-electron chi connectivity index (χ1n) is 7.83. The number of nitrogens with zero attached hydrogens (tertiary/aromatic N) is 4. The summed E-state index contributed by atoms with van der Waals surface area (Å²) in [4.78, 5) is 24.5. The van der Waals surface area contributed by atoms with E-state index in [1.165, 1.54) is 6.33 Å². The molecule has 0 saturated heterocycles. The molecule has 120 valence electrons. The molecule has 0 saturated carbocycles. The molecule has 0 spiro atoms. The summed E-state index contributed by atoms with van der Waals surface area (Å²) in [5, 5.41) is 10.7. The molecule has 1 aliphatic rings. The number of hydrogen-bond acceptors (Lipinski definition) is 5. The van der Waals surface area contributed by atoms with Crippen LogP contribution in [0.25, 0.3) is 11.3 Å². The van der Waals surface area contributed by atoms with Gasteiger partial charge in [0, 0.05) is 23.7 Å². The van der Waals surface area contributed by atoms with Gasteiger partial charge in [-0.1, -0.05) is 0 Å². The van der Waals surface area contributed by atoms with Crippen molar-refractivity contribution < 1.29 is 4.79 Å². The van der Waals surface area contributed by atoms with Crippen LogP contribution in [0.4, 0.5) is 5.82 Å². The van der Waals surface area contributed by atoms with Crippen LogP contribution < -0.4 is 5.32 Å². The van der Waals surface area contributed by atoms with Crippen LogP contribution in [0, 0.1) is 6.92 Å². The van der Waals surface area contributed by atoms with Gasteiger partial charge in [-0.05, 0) is 43.9 Å². The number of aryl methyl sites for hydroxylation is 3. The molecule has 7 nitrogen and oxygen atoms in total. The fourth-order valence-corrected chi connectivity index (χ4v) is 2.98. The van der Waals surface area contributed by atoms with Gasteiger partial charge >= 0.3 is 0 Å². The Morgan fingerprint density at radius 3 is 3.00 bits per heavy atom. The summed E-state index contributed by atoms with van der Waals surface area (Å²) in [6.45, 7) is 1.85. The summed E-state index contributed by atoms with van der Waals surface area (Å²) in [5.74, 6) is 0.203. The molecule has 0 radical (unpaired) electrons. The number of H-pyrrole nitrogens is 1. The first-order valence-corrected chi connectivity index (χ1v) is 7.83. The fourth-order valence-electron chi connectivity index (χ4n) is 2.98. The predicted molar refractivity (Wildman–Crippen MR) is 88.6 cm³/mol. The molecule has 24 heavy (non-hydrogen) atoms. The lowest BCUT2D eigenvalue weighted by molar-refractivity contribution is 0.102. The molecule has 7 heteroatoms. The van der Waals surface area contributed by atoms with Gasteiger partial charge in [-0.2, -0.15) is 5.10 Å². The first kappa shape index (κ1) is 14.5. The van der Waals surface area contributed by atoms with Crippen molar-refractivity contribution in [1.29, 1.82) is 0 Å². The number of amides is 1. The third kappa shape index (κ3) is 2.54. The van der Waals surface area contributed by atoms with Crippen LogP contribution in [0.15, 0.2) is 30.9 Å². The van der Waals surface area contributed by atoms with Gasteiger partial charge in [0.05, 0.1) is 17.0 Å². The van der Waals surface area contributed by atoms with Gasteiger partial charge in [-0.15, -0.1) is 5.10 Å². The molecule has 2 N–H and O–H groups in total. The maximum atomic E-state index is 12.7. The average Bonchev–Trinajstić information content (AvgIpc) is 2.93. The maximum Gasteiger partial charge on any atom is 0.259 e. The van der Waals surface area contributed by atoms with Crippen LogP contribution in [0.1, 0.15) is 33.7 Å². The van der Waals surface area contributed by atoms with Crippen LogP contribution in [0.3, 0.4) is 0 Å². The normalized spacial score (nSPS) is 12.9. The molecule has 0 bridgehead atoms. The second kappa shape index (κ2) is 5.84. The second-order valence-corrected chi connectivity index (χ2v) is 5.82. The molecule has 1 aliphatic carbocycles. The zero-order valence-corrected chi connectivity index (χ0v) is 13.2. The largest absolute Gasteiger partial charge is 0.364 e. The third-order valence-electron chi connectivity index (χ3n) is 4.14. The quantitative estimate of drug-likeness (QED) is 0.755. The van der Waals surface area contributed by atoms with Gasteiger partial charge in [-0.25, -0.2) is 9.97 Å². The number of carbonyl (C=O) groups is 1. The molecule has 3 aromatic heterocycles. The van der Waals surface area contributed by atoms with E-state index in [9.17, 15) is 4.79 Å². The fraction of sp³-hybridized carbons (Fsp3) is 0.235. The van der Waals surface area contributed by atoms with Gasteiger partial charge < -0.3 is 10.3 Å². The average molecular weight is 320 g/mol. The zero-order chi connectivity index (χ0) is 16.5. The molecule has 0 aliphatic heterocycles. The molecule has 0 fully saturated rings. The summed E-state index contributed by atoms with van der Waals surface area (Å²) >= 11 is 0. The van der Waals surface area contributed by atoms with E-state index in [2.05, 4.69) is 30.5 Å².